The number of carbonyl (C=O) groups is 1. The number of ether oxygens (including phenoxy) is 2. The minimum absolute atomic E-state index is 0.0959. The summed E-state index contributed by atoms with van der Waals surface area (Å²) in [5.74, 6) is 0.134. The van der Waals surface area contributed by atoms with Crippen LogP contribution in [0.25, 0.3) is 0 Å². The summed E-state index contributed by atoms with van der Waals surface area (Å²) in [6.45, 7) is 4.51. The number of methoxy groups -OCH3 is 1. The van der Waals surface area contributed by atoms with Crippen LogP contribution in [0.2, 0.25) is 0 Å². The van der Waals surface area contributed by atoms with Crippen molar-refractivity contribution in [3.8, 4) is 5.75 Å². The van der Waals surface area contributed by atoms with Gasteiger partial charge in [-0.2, -0.15) is 0 Å². The third kappa shape index (κ3) is 3.08. The van der Waals surface area contributed by atoms with E-state index in [0.717, 1.165) is 38.1 Å². The summed E-state index contributed by atoms with van der Waals surface area (Å²) in [5.41, 5.74) is 2.71. The van der Waals surface area contributed by atoms with Crippen molar-refractivity contribution in [3.63, 3.8) is 0 Å². The van der Waals surface area contributed by atoms with Gasteiger partial charge in [-0.3, -0.25) is 9.69 Å². The predicted octanol–water partition coefficient (Wildman–Crippen LogP) is 2.59. The number of hydrogen-bond donors (Lipinski definition) is 1. The van der Waals surface area contributed by atoms with Gasteiger partial charge in [0.2, 0.25) is 0 Å². The summed E-state index contributed by atoms with van der Waals surface area (Å²) in [5, 5.41) is 8.98. The Kier molecular flexibility index (Phi) is 4.60. The van der Waals surface area contributed by atoms with Crippen LogP contribution in [0, 0.1) is 0 Å². The Hall–Kier alpha value is -1.59. The first-order chi connectivity index (χ1) is 11.1. The number of aliphatic carboxylic acids is 1. The second-order valence-corrected chi connectivity index (χ2v) is 6.55. The summed E-state index contributed by atoms with van der Waals surface area (Å²) in [4.78, 5) is 13.0. The molecule has 1 aliphatic carbocycles. The van der Waals surface area contributed by atoms with Crippen LogP contribution >= 0.6 is 0 Å². The molecule has 23 heavy (non-hydrogen) atoms. The normalized spacial score (nSPS) is 23.0. The summed E-state index contributed by atoms with van der Waals surface area (Å²) in [7, 11) is 1.69. The smallest absolute Gasteiger partial charge is 0.317 e. The third-order valence-corrected chi connectivity index (χ3v) is 5.29. The molecule has 1 fully saturated rings. The molecule has 1 spiro atoms. The topological polar surface area (TPSA) is 59.0 Å². The van der Waals surface area contributed by atoms with Gasteiger partial charge in [0.15, 0.2) is 0 Å². The summed E-state index contributed by atoms with van der Waals surface area (Å²) < 4.78 is 11.4. The number of fused-ring (bicyclic) bond motifs is 2. The van der Waals surface area contributed by atoms with Gasteiger partial charge in [-0.25, -0.2) is 0 Å². The van der Waals surface area contributed by atoms with E-state index in [1.165, 1.54) is 11.1 Å². The van der Waals surface area contributed by atoms with Crippen LogP contribution in [0.1, 0.15) is 43.4 Å². The lowest BCUT2D eigenvalue weighted by molar-refractivity contribution is -0.138. The molecule has 0 amide bonds. The second kappa shape index (κ2) is 6.49. The summed E-state index contributed by atoms with van der Waals surface area (Å²) in [6.07, 6.45) is 3.09. The average molecular weight is 319 g/mol. The quantitative estimate of drug-likeness (QED) is 0.904. The number of piperidine rings is 1. The number of likely N-dealkylation sites (tertiary alicyclic amines) is 1. The van der Waals surface area contributed by atoms with Gasteiger partial charge in [-0.15, -0.1) is 0 Å². The molecule has 0 radical (unpaired) electrons. The van der Waals surface area contributed by atoms with E-state index in [0.29, 0.717) is 6.61 Å². The number of hydrogen-bond acceptors (Lipinski definition) is 4. The van der Waals surface area contributed by atoms with E-state index in [2.05, 4.69) is 12.1 Å². The van der Waals surface area contributed by atoms with Crippen molar-refractivity contribution in [2.24, 2.45) is 0 Å². The highest BCUT2D eigenvalue weighted by atomic mass is 16.5. The third-order valence-electron chi connectivity index (χ3n) is 5.29. The predicted molar refractivity (Wildman–Crippen MR) is 87.0 cm³/mol. The van der Waals surface area contributed by atoms with Crippen molar-refractivity contribution in [2.45, 2.75) is 37.7 Å². The fourth-order valence-electron chi connectivity index (χ4n) is 4.13. The first-order valence-corrected chi connectivity index (χ1v) is 8.32. The fraction of sp³-hybridized carbons (Fsp3) is 0.611. The van der Waals surface area contributed by atoms with E-state index in [4.69, 9.17) is 14.6 Å². The number of carboxylic acids is 1. The lowest BCUT2D eigenvalue weighted by Gasteiger charge is -2.39. The van der Waals surface area contributed by atoms with Crippen LogP contribution in [0.5, 0.6) is 5.75 Å². The second-order valence-electron chi connectivity index (χ2n) is 6.55. The maximum atomic E-state index is 10.9. The zero-order chi connectivity index (χ0) is 16.4. The number of carboxylic acid groups (broad SMARTS) is 1. The molecule has 5 heteroatoms. The Bertz CT molecular complexity index is 578. The highest BCUT2D eigenvalue weighted by molar-refractivity contribution is 5.69. The fourth-order valence-corrected chi connectivity index (χ4v) is 4.13. The zero-order valence-electron chi connectivity index (χ0n) is 13.9. The molecule has 3 rings (SSSR count). The van der Waals surface area contributed by atoms with Gasteiger partial charge in [0.25, 0.3) is 0 Å². The highest BCUT2D eigenvalue weighted by Gasteiger charge is 2.46. The van der Waals surface area contributed by atoms with Gasteiger partial charge in [0, 0.05) is 12.0 Å². The Morgan fingerprint density at radius 3 is 2.74 bits per heavy atom. The SMILES string of the molecule is CCOC1CC2(CCN(CC(=O)O)CC2)c2cc(OC)ccc21. The van der Waals surface area contributed by atoms with Crippen LogP contribution in [0.3, 0.4) is 0 Å². The Labute approximate surface area is 137 Å². The molecular formula is C18H25NO4. The van der Waals surface area contributed by atoms with Gasteiger partial charge in [-0.1, -0.05) is 6.07 Å². The number of nitrogens with zero attached hydrogens (tertiary/aromatic N) is 1. The Morgan fingerprint density at radius 2 is 2.13 bits per heavy atom. The Morgan fingerprint density at radius 1 is 1.39 bits per heavy atom. The van der Waals surface area contributed by atoms with Crippen molar-refractivity contribution >= 4 is 5.97 Å². The van der Waals surface area contributed by atoms with E-state index in [-0.39, 0.29) is 18.1 Å². The van der Waals surface area contributed by atoms with Crippen LogP contribution < -0.4 is 4.74 Å². The molecule has 2 aliphatic rings. The molecule has 0 aromatic heterocycles. The maximum absolute atomic E-state index is 10.9. The molecule has 5 nitrogen and oxygen atoms in total. The summed E-state index contributed by atoms with van der Waals surface area (Å²) in [6, 6.07) is 6.29. The van der Waals surface area contributed by atoms with Gasteiger partial charge in [0.05, 0.1) is 19.8 Å². The number of rotatable bonds is 5. The average Bonchev–Trinajstić information content (AvgIpc) is 2.83. The van der Waals surface area contributed by atoms with Crippen LogP contribution in [-0.2, 0) is 14.9 Å². The highest BCUT2D eigenvalue weighted by Crippen LogP contribution is 2.52. The van der Waals surface area contributed by atoms with Gasteiger partial charge in [0.1, 0.15) is 5.75 Å². The first kappa shape index (κ1) is 16.3. The zero-order valence-corrected chi connectivity index (χ0v) is 13.9. The molecule has 126 valence electrons. The maximum Gasteiger partial charge on any atom is 0.317 e. The van der Waals surface area contributed by atoms with E-state index >= 15 is 0 Å². The Balaban J connectivity index is 1.85. The molecule has 1 aromatic rings. The monoisotopic (exact) mass is 319 g/mol. The molecule has 1 unspecified atom stereocenters. The van der Waals surface area contributed by atoms with Crippen LogP contribution in [0.15, 0.2) is 18.2 Å². The molecule has 1 N–H and O–H groups in total. The standard InChI is InChI=1S/C18H25NO4/c1-3-23-16-11-18(6-8-19(9-7-18)12-17(20)21)15-10-13(22-2)4-5-14(15)16/h4-5,10,16H,3,6-9,11-12H2,1-2H3,(H,20,21). The molecule has 1 aromatic carbocycles. The molecule has 1 aliphatic heterocycles. The van der Waals surface area contributed by atoms with Crippen molar-refractivity contribution in [2.75, 3.05) is 33.4 Å². The van der Waals surface area contributed by atoms with Crippen LogP contribution in [0.4, 0.5) is 0 Å². The largest absolute Gasteiger partial charge is 0.497 e. The molecule has 0 bridgehead atoms. The van der Waals surface area contributed by atoms with E-state index in [1.54, 1.807) is 7.11 Å². The van der Waals surface area contributed by atoms with Gasteiger partial charge in [-0.05, 0) is 62.5 Å². The molecule has 0 saturated carbocycles. The van der Waals surface area contributed by atoms with Crippen molar-refractivity contribution in [1.82, 2.24) is 4.90 Å². The molecule has 1 heterocycles. The van der Waals surface area contributed by atoms with E-state index in [9.17, 15) is 4.79 Å². The van der Waals surface area contributed by atoms with Crippen LogP contribution in [-0.4, -0.2) is 49.3 Å². The minimum Gasteiger partial charge on any atom is -0.497 e. The van der Waals surface area contributed by atoms with Gasteiger partial charge >= 0.3 is 5.97 Å². The lowest BCUT2D eigenvalue weighted by atomic mass is 9.73. The van der Waals surface area contributed by atoms with E-state index < -0.39 is 5.97 Å². The van der Waals surface area contributed by atoms with Crippen molar-refractivity contribution in [3.05, 3.63) is 29.3 Å². The molecule has 1 atom stereocenters. The van der Waals surface area contributed by atoms with Crippen molar-refractivity contribution in [1.29, 1.82) is 0 Å². The first-order valence-electron chi connectivity index (χ1n) is 8.32. The van der Waals surface area contributed by atoms with Gasteiger partial charge < -0.3 is 14.6 Å². The summed E-state index contributed by atoms with van der Waals surface area (Å²) >= 11 is 0. The molecule has 1 saturated heterocycles. The number of benzene rings is 1. The lowest BCUT2D eigenvalue weighted by Crippen LogP contribution is -2.43. The minimum atomic E-state index is -0.748. The molecular weight excluding hydrogens is 294 g/mol. The van der Waals surface area contributed by atoms with Crippen molar-refractivity contribution < 1.29 is 19.4 Å². The van der Waals surface area contributed by atoms with E-state index in [1.807, 2.05) is 17.9 Å².